The molecule has 9 heteroatoms. The first-order valence-corrected chi connectivity index (χ1v) is 12.0. The fraction of sp³-hybridized carbons (Fsp3) is 0.318. The quantitative estimate of drug-likeness (QED) is 0.353. The maximum atomic E-state index is 12.9. The van der Waals surface area contributed by atoms with Gasteiger partial charge in [-0.1, -0.05) is 78.6 Å². The van der Waals surface area contributed by atoms with Crippen molar-refractivity contribution in [3.8, 4) is 0 Å². The van der Waals surface area contributed by atoms with E-state index >= 15 is 0 Å². The zero-order valence-corrected chi connectivity index (χ0v) is 20.5. The van der Waals surface area contributed by atoms with E-state index in [1.54, 1.807) is 30.0 Å². The van der Waals surface area contributed by atoms with Gasteiger partial charge >= 0.3 is 0 Å². The highest BCUT2D eigenvalue weighted by atomic mass is 35.5. The number of nitrogens with zero attached hydrogens (tertiary/aromatic N) is 3. The number of halogens is 3. The maximum Gasteiger partial charge on any atom is 0.251 e. The van der Waals surface area contributed by atoms with Crippen molar-refractivity contribution in [1.82, 2.24) is 20.1 Å². The van der Waals surface area contributed by atoms with Gasteiger partial charge in [0.05, 0.1) is 16.1 Å². The molecule has 1 heterocycles. The molecule has 0 aliphatic rings. The molecule has 3 aromatic rings. The van der Waals surface area contributed by atoms with Crippen LogP contribution in [0.25, 0.3) is 0 Å². The molecular formula is C22H23Cl3N4OS. The van der Waals surface area contributed by atoms with Crippen LogP contribution in [0.4, 0.5) is 0 Å². The van der Waals surface area contributed by atoms with Crippen LogP contribution in [0.5, 0.6) is 0 Å². The highest BCUT2D eigenvalue weighted by Crippen LogP contribution is 2.29. The third-order valence-electron chi connectivity index (χ3n) is 4.79. The first kappa shape index (κ1) is 23.9. The van der Waals surface area contributed by atoms with Gasteiger partial charge in [-0.25, -0.2) is 0 Å². The largest absolute Gasteiger partial charge is 0.342 e. The summed E-state index contributed by atoms with van der Waals surface area (Å²) in [4.78, 5) is 12.9. The molecule has 164 valence electrons. The number of thioether (sulfide) groups is 1. The Morgan fingerprint density at radius 1 is 1.06 bits per heavy atom. The van der Waals surface area contributed by atoms with Crippen molar-refractivity contribution in [3.05, 3.63) is 74.5 Å². The maximum absolute atomic E-state index is 12.9. The molecule has 0 spiro atoms. The summed E-state index contributed by atoms with van der Waals surface area (Å²) in [6.07, 6.45) is 0. The summed E-state index contributed by atoms with van der Waals surface area (Å²) in [5, 5.41) is 14.1. The fourth-order valence-corrected chi connectivity index (χ4v) is 4.68. The molecule has 0 bridgehead atoms. The van der Waals surface area contributed by atoms with Crippen LogP contribution in [0.15, 0.2) is 47.6 Å². The van der Waals surface area contributed by atoms with E-state index in [-0.39, 0.29) is 17.9 Å². The third-order valence-corrected chi connectivity index (χ3v) is 6.91. The van der Waals surface area contributed by atoms with Gasteiger partial charge in [0.1, 0.15) is 0 Å². The Kier molecular flexibility index (Phi) is 8.28. The average Bonchev–Trinajstić information content (AvgIpc) is 3.15. The van der Waals surface area contributed by atoms with Crippen LogP contribution in [0.1, 0.15) is 48.6 Å². The Hall–Kier alpha value is -1.73. The van der Waals surface area contributed by atoms with E-state index in [2.05, 4.69) is 15.5 Å². The van der Waals surface area contributed by atoms with Gasteiger partial charge in [-0.2, -0.15) is 0 Å². The topological polar surface area (TPSA) is 59.8 Å². The molecule has 1 aromatic heterocycles. The minimum Gasteiger partial charge on any atom is -0.342 e. The van der Waals surface area contributed by atoms with E-state index in [0.29, 0.717) is 33.7 Å². The minimum absolute atomic E-state index is 0.0997. The van der Waals surface area contributed by atoms with E-state index < -0.39 is 0 Å². The lowest BCUT2D eigenvalue weighted by atomic mass is 10.0. The molecule has 2 aromatic carbocycles. The average molecular weight is 498 g/mol. The lowest BCUT2D eigenvalue weighted by molar-refractivity contribution is 0.0922. The highest BCUT2D eigenvalue weighted by Gasteiger charge is 2.26. The van der Waals surface area contributed by atoms with Gasteiger partial charge < -0.3 is 9.88 Å². The van der Waals surface area contributed by atoms with Crippen LogP contribution in [-0.2, 0) is 12.3 Å². The predicted molar refractivity (Wildman–Crippen MR) is 128 cm³/mol. The zero-order valence-electron chi connectivity index (χ0n) is 17.4. The lowest BCUT2D eigenvalue weighted by Crippen LogP contribution is -2.33. The standard InChI is InChI=1S/C22H23Cl3N4OS/c1-4-29-20(27-28-22(29)31-12-15-7-5-6-8-16(15)23)19(13(2)3)26-21(30)14-9-10-17(24)18(25)11-14/h5-11,13,19H,4,12H2,1-3H3,(H,26,30)/t19-/m1/s1. The zero-order chi connectivity index (χ0) is 22.5. The molecule has 31 heavy (non-hydrogen) atoms. The molecule has 1 atom stereocenters. The minimum atomic E-state index is -0.316. The van der Waals surface area contributed by atoms with Crippen molar-refractivity contribution in [2.45, 2.75) is 44.3 Å². The predicted octanol–water partition coefficient (Wildman–Crippen LogP) is 6.68. The van der Waals surface area contributed by atoms with Crippen molar-refractivity contribution >= 4 is 52.5 Å². The molecule has 0 unspecified atom stereocenters. The number of rotatable bonds is 8. The Morgan fingerprint density at radius 2 is 1.81 bits per heavy atom. The number of hydrogen-bond donors (Lipinski definition) is 1. The molecule has 0 fully saturated rings. The molecule has 0 radical (unpaired) electrons. The van der Waals surface area contributed by atoms with Crippen LogP contribution >= 0.6 is 46.6 Å². The molecule has 0 aliphatic heterocycles. The van der Waals surface area contributed by atoms with E-state index in [4.69, 9.17) is 34.8 Å². The molecule has 3 rings (SSSR count). The summed E-state index contributed by atoms with van der Waals surface area (Å²) in [6.45, 7) is 6.78. The number of carbonyl (C=O) groups is 1. The number of amides is 1. The molecule has 0 saturated heterocycles. The van der Waals surface area contributed by atoms with E-state index in [0.717, 1.165) is 15.7 Å². The third kappa shape index (κ3) is 5.75. The number of nitrogens with one attached hydrogen (secondary N) is 1. The van der Waals surface area contributed by atoms with Crippen molar-refractivity contribution in [2.24, 2.45) is 5.92 Å². The van der Waals surface area contributed by atoms with E-state index in [1.165, 1.54) is 0 Å². The lowest BCUT2D eigenvalue weighted by Gasteiger charge is -2.22. The first-order chi connectivity index (χ1) is 14.8. The first-order valence-electron chi connectivity index (χ1n) is 9.87. The van der Waals surface area contributed by atoms with Gasteiger partial charge in [-0.3, -0.25) is 4.79 Å². The Labute approximate surface area is 201 Å². The Morgan fingerprint density at radius 3 is 2.45 bits per heavy atom. The number of benzene rings is 2. The second kappa shape index (κ2) is 10.7. The van der Waals surface area contributed by atoms with Gasteiger partial charge in [0, 0.05) is 22.9 Å². The molecule has 0 saturated carbocycles. The normalized spacial score (nSPS) is 12.2. The highest BCUT2D eigenvalue weighted by molar-refractivity contribution is 7.98. The number of aromatic nitrogens is 3. The second-order valence-electron chi connectivity index (χ2n) is 7.29. The second-order valence-corrected chi connectivity index (χ2v) is 9.45. The summed E-state index contributed by atoms with van der Waals surface area (Å²) in [6, 6.07) is 12.3. The van der Waals surface area contributed by atoms with E-state index in [1.807, 2.05) is 49.6 Å². The molecular weight excluding hydrogens is 475 g/mol. The van der Waals surface area contributed by atoms with Crippen molar-refractivity contribution in [3.63, 3.8) is 0 Å². The van der Waals surface area contributed by atoms with Crippen LogP contribution in [-0.4, -0.2) is 20.7 Å². The van der Waals surface area contributed by atoms with Crippen LogP contribution < -0.4 is 5.32 Å². The Balaban J connectivity index is 1.81. The van der Waals surface area contributed by atoms with Gasteiger partial charge in [0.2, 0.25) is 0 Å². The van der Waals surface area contributed by atoms with Crippen molar-refractivity contribution < 1.29 is 4.79 Å². The molecule has 1 N–H and O–H groups in total. The number of carbonyl (C=O) groups excluding carboxylic acids is 1. The summed E-state index contributed by atoms with van der Waals surface area (Å²) in [5.74, 6) is 1.25. The summed E-state index contributed by atoms with van der Waals surface area (Å²) in [7, 11) is 0. The molecule has 1 amide bonds. The van der Waals surface area contributed by atoms with E-state index in [9.17, 15) is 4.79 Å². The SMILES string of the molecule is CCn1c(SCc2ccccc2Cl)nnc1[C@H](NC(=O)c1ccc(Cl)c(Cl)c1)C(C)C. The summed E-state index contributed by atoms with van der Waals surface area (Å²) >= 11 is 19.9. The van der Waals surface area contributed by atoms with Crippen LogP contribution in [0.3, 0.4) is 0 Å². The van der Waals surface area contributed by atoms with Crippen LogP contribution in [0, 0.1) is 5.92 Å². The van der Waals surface area contributed by atoms with Gasteiger partial charge in [0.15, 0.2) is 11.0 Å². The van der Waals surface area contributed by atoms with Gasteiger partial charge in [0.25, 0.3) is 5.91 Å². The van der Waals surface area contributed by atoms with Crippen molar-refractivity contribution in [2.75, 3.05) is 0 Å². The fourth-order valence-electron chi connectivity index (χ4n) is 3.08. The molecule has 0 aliphatic carbocycles. The van der Waals surface area contributed by atoms with Crippen molar-refractivity contribution in [1.29, 1.82) is 0 Å². The molecule has 5 nitrogen and oxygen atoms in total. The summed E-state index contributed by atoms with van der Waals surface area (Å²) < 4.78 is 2.03. The number of hydrogen-bond acceptors (Lipinski definition) is 4. The van der Waals surface area contributed by atoms with Crippen LogP contribution in [0.2, 0.25) is 15.1 Å². The monoisotopic (exact) mass is 496 g/mol. The summed E-state index contributed by atoms with van der Waals surface area (Å²) in [5.41, 5.74) is 1.48. The Bertz CT molecular complexity index is 1070. The smallest absolute Gasteiger partial charge is 0.251 e. The van der Waals surface area contributed by atoms with Gasteiger partial charge in [-0.15, -0.1) is 10.2 Å². The van der Waals surface area contributed by atoms with Gasteiger partial charge in [-0.05, 0) is 42.7 Å².